The monoisotopic (exact) mass is 318 g/mol. The van der Waals surface area contributed by atoms with Gasteiger partial charge in [0.2, 0.25) is 0 Å². The van der Waals surface area contributed by atoms with Crippen molar-refractivity contribution in [3.05, 3.63) is 53.2 Å². The number of pyridine rings is 1. The van der Waals surface area contributed by atoms with Crippen LogP contribution in [0.5, 0.6) is 0 Å². The number of hydrogen-bond donors (Lipinski definition) is 3. The summed E-state index contributed by atoms with van der Waals surface area (Å²) >= 11 is 6.10. The summed E-state index contributed by atoms with van der Waals surface area (Å²) in [6, 6.07) is 11.1. The summed E-state index contributed by atoms with van der Waals surface area (Å²) < 4.78 is 0. The van der Waals surface area contributed by atoms with E-state index in [4.69, 9.17) is 11.6 Å². The van der Waals surface area contributed by atoms with Gasteiger partial charge in [-0.25, -0.2) is 9.78 Å². The Morgan fingerprint density at radius 3 is 2.64 bits per heavy atom. The molecule has 0 unspecified atom stereocenters. The van der Waals surface area contributed by atoms with Crippen LogP contribution in [0.15, 0.2) is 42.6 Å². The van der Waals surface area contributed by atoms with Crippen molar-refractivity contribution in [1.82, 2.24) is 10.3 Å². The van der Waals surface area contributed by atoms with Crippen LogP contribution in [0.25, 0.3) is 0 Å². The Hall–Kier alpha value is -2.27. The first-order valence-corrected chi connectivity index (χ1v) is 7.43. The van der Waals surface area contributed by atoms with Gasteiger partial charge in [-0.05, 0) is 37.6 Å². The van der Waals surface area contributed by atoms with Gasteiger partial charge in [-0.3, -0.25) is 0 Å². The Morgan fingerprint density at radius 2 is 2.00 bits per heavy atom. The molecule has 0 spiro atoms. The molecule has 0 atom stereocenters. The quantitative estimate of drug-likeness (QED) is 0.784. The van der Waals surface area contributed by atoms with Crippen molar-refractivity contribution < 1.29 is 4.79 Å². The summed E-state index contributed by atoms with van der Waals surface area (Å²) in [5.41, 5.74) is 1.64. The standard InChI is InChI=1S/C16H19ClN4O/c1-11(2)20-16(22)21-13-7-8-15(19-10-13)18-9-12-5-3-4-6-14(12)17/h3-8,10-11H,9H2,1-2H3,(H,18,19)(H2,20,21,22). The van der Waals surface area contributed by atoms with E-state index < -0.39 is 0 Å². The molecule has 0 aliphatic carbocycles. The van der Waals surface area contributed by atoms with Crippen LogP contribution in [0.3, 0.4) is 0 Å². The zero-order valence-corrected chi connectivity index (χ0v) is 13.3. The summed E-state index contributed by atoms with van der Waals surface area (Å²) in [7, 11) is 0. The number of nitrogens with one attached hydrogen (secondary N) is 3. The fourth-order valence-corrected chi connectivity index (χ4v) is 2.03. The Kier molecular flexibility index (Phi) is 5.61. The van der Waals surface area contributed by atoms with Crippen LogP contribution in [0.1, 0.15) is 19.4 Å². The SMILES string of the molecule is CC(C)NC(=O)Nc1ccc(NCc2ccccc2Cl)nc1. The summed E-state index contributed by atoms with van der Waals surface area (Å²) in [6.07, 6.45) is 1.61. The van der Waals surface area contributed by atoms with Gasteiger partial charge in [0.05, 0.1) is 11.9 Å². The minimum absolute atomic E-state index is 0.0875. The molecular formula is C16H19ClN4O. The molecule has 22 heavy (non-hydrogen) atoms. The van der Waals surface area contributed by atoms with Gasteiger partial charge < -0.3 is 16.0 Å². The van der Waals surface area contributed by atoms with Crippen LogP contribution in [-0.4, -0.2) is 17.1 Å². The lowest BCUT2D eigenvalue weighted by Crippen LogP contribution is -2.34. The Morgan fingerprint density at radius 1 is 1.23 bits per heavy atom. The minimum Gasteiger partial charge on any atom is -0.366 e. The van der Waals surface area contributed by atoms with Gasteiger partial charge in [0.25, 0.3) is 0 Å². The molecule has 5 nitrogen and oxygen atoms in total. The number of benzene rings is 1. The molecule has 116 valence electrons. The normalized spacial score (nSPS) is 10.4. The van der Waals surface area contributed by atoms with Crippen molar-refractivity contribution in [2.45, 2.75) is 26.4 Å². The third-order valence-electron chi connectivity index (χ3n) is 2.86. The van der Waals surface area contributed by atoms with Crippen molar-refractivity contribution >= 4 is 29.1 Å². The maximum atomic E-state index is 11.6. The average molecular weight is 319 g/mol. The molecule has 2 rings (SSSR count). The predicted octanol–water partition coefficient (Wildman–Crippen LogP) is 3.88. The van der Waals surface area contributed by atoms with Crippen molar-refractivity contribution in [1.29, 1.82) is 0 Å². The fraction of sp³-hybridized carbons (Fsp3) is 0.250. The zero-order chi connectivity index (χ0) is 15.9. The highest BCUT2D eigenvalue weighted by Crippen LogP contribution is 2.17. The van der Waals surface area contributed by atoms with E-state index >= 15 is 0 Å². The second kappa shape index (κ2) is 7.66. The maximum absolute atomic E-state index is 11.6. The maximum Gasteiger partial charge on any atom is 0.319 e. The van der Waals surface area contributed by atoms with E-state index in [0.717, 1.165) is 16.4 Å². The second-order valence-electron chi connectivity index (χ2n) is 5.13. The molecule has 2 amide bonds. The smallest absolute Gasteiger partial charge is 0.319 e. The molecule has 0 saturated heterocycles. The van der Waals surface area contributed by atoms with Gasteiger partial charge in [-0.1, -0.05) is 29.8 Å². The number of carbonyl (C=O) groups is 1. The van der Waals surface area contributed by atoms with E-state index in [1.165, 1.54) is 0 Å². The van der Waals surface area contributed by atoms with E-state index in [1.54, 1.807) is 12.3 Å². The topological polar surface area (TPSA) is 66.1 Å². The first-order valence-electron chi connectivity index (χ1n) is 7.05. The summed E-state index contributed by atoms with van der Waals surface area (Å²) in [4.78, 5) is 15.8. The molecule has 0 bridgehead atoms. The van der Waals surface area contributed by atoms with Gasteiger partial charge in [-0.2, -0.15) is 0 Å². The third-order valence-corrected chi connectivity index (χ3v) is 3.23. The van der Waals surface area contributed by atoms with Gasteiger partial charge in [0.15, 0.2) is 0 Å². The zero-order valence-electron chi connectivity index (χ0n) is 12.6. The van der Waals surface area contributed by atoms with E-state index in [-0.39, 0.29) is 12.1 Å². The molecule has 6 heteroatoms. The molecule has 0 aliphatic rings. The Bertz CT molecular complexity index is 628. The molecular weight excluding hydrogens is 300 g/mol. The molecule has 1 heterocycles. The number of halogens is 1. The molecule has 0 aliphatic heterocycles. The molecule has 1 aromatic heterocycles. The first-order chi connectivity index (χ1) is 10.5. The minimum atomic E-state index is -0.242. The predicted molar refractivity (Wildman–Crippen MR) is 90.3 cm³/mol. The molecule has 0 radical (unpaired) electrons. The van der Waals surface area contributed by atoms with Crippen LogP contribution < -0.4 is 16.0 Å². The summed E-state index contributed by atoms with van der Waals surface area (Å²) in [5, 5.41) is 9.38. The lowest BCUT2D eigenvalue weighted by Gasteiger charge is -2.11. The third kappa shape index (κ3) is 4.93. The van der Waals surface area contributed by atoms with E-state index in [0.29, 0.717) is 12.2 Å². The van der Waals surface area contributed by atoms with Crippen LogP contribution in [-0.2, 0) is 6.54 Å². The van der Waals surface area contributed by atoms with Crippen LogP contribution in [0.2, 0.25) is 5.02 Å². The molecule has 2 aromatic rings. The largest absolute Gasteiger partial charge is 0.366 e. The van der Waals surface area contributed by atoms with Crippen molar-refractivity contribution in [2.24, 2.45) is 0 Å². The summed E-state index contributed by atoms with van der Waals surface area (Å²) in [5.74, 6) is 0.717. The lowest BCUT2D eigenvalue weighted by atomic mass is 10.2. The second-order valence-corrected chi connectivity index (χ2v) is 5.54. The highest BCUT2D eigenvalue weighted by atomic mass is 35.5. The number of rotatable bonds is 5. The Labute approximate surface area is 135 Å². The highest BCUT2D eigenvalue weighted by molar-refractivity contribution is 6.31. The van der Waals surface area contributed by atoms with Crippen LogP contribution in [0.4, 0.5) is 16.3 Å². The van der Waals surface area contributed by atoms with E-state index in [1.807, 2.05) is 44.2 Å². The number of amides is 2. The van der Waals surface area contributed by atoms with E-state index in [9.17, 15) is 4.79 Å². The fourth-order valence-electron chi connectivity index (χ4n) is 1.83. The van der Waals surface area contributed by atoms with E-state index in [2.05, 4.69) is 20.9 Å². The van der Waals surface area contributed by atoms with Gasteiger partial charge >= 0.3 is 6.03 Å². The number of carbonyl (C=O) groups excluding carboxylic acids is 1. The number of nitrogens with zero attached hydrogens (tertiary/aromatic N) is 1. The molecule has 1 aromatic carbocycles. The van der Waals surface area contributed by atoms with Crippen molar-refractivity contribution in [2.75, 3.05) is 10.6 Å². The lowest BCUT2D eigenvalue weighted by molar-refractivity contribution is 0.250. The van der Waals surface area contributed by atoms with Gasteiger partial charge in [-0.15, -0.1) is 0 Å². The van der Waals surface area contributed by atoms with Gasteiger partial charge in [0, 0.05) is 17.6 Å². The molecule has 0 saturated carbocycles. The summed E-state index contributed by atoms with van der Waals surface area (Å²) in [6.45, 7) is 4.40. The van der Waals surface area contributed by atoms with Crippen molar-refractivity contribution in [3.63, 3.8) is 0 Å². The first kappa shape index (κ1) is 16.1. The Balaban J connectivity index is 1.89. The van der Waals surface area contributed by atoms with Gasteiger partial charge in [0.1, 0.15) is 5.82 Å². The van der Waals surface area contributed by atoms with Crippen LogP contribution >= 0.6 is 11.6 Å². The number of anilines is 2. The highest BCUT2D eigenvalue weighted by Gasteiger charge is 2.04. The molecule has 3 N–H and O–H groups in total. The number of urea groups is 1. The van der Waals surface area contributed by atoms with Crippen molar-refractivity contribution in [3.8, 4) is 0 Å². The number of aromatic nitrogens is 1. The van der Waals surface area contributed by atoms with Crippen LogP contribution in [0, 0.1) is 0 Å². The molecule has 0 fully saturated rings. The number of hydrogen-bond acceptors (Lipinski definition) is 3. The average Bonchev–Trinajstić information content (AvgIpc) is 2.47.